The van der Waals surface area contributed by atoms with Crippen LogP contribution in [-0.2, 0) is 6.42 Å². The van der Waals surface area contributed by atoms with Crippen LogP contribution < -0.4 is 10.2 Å². The first-order valence-electron chi connectivity index (χ1n) is 9.16. The van der Waals surface area contributed by atoms with E-state index in [1.54, 1.807) is 12.3 Å². The number of carbonyl (C=O) groups excluding carboxylic acids is 1. The zero-order chi connectivity index (χ0) is 17.5. The normalized spacial score (nSPS) is 15.2. The number of hydrogen-bond acceptors (Lipinski definition) is 4. The van der Waals surface area contributed by atoms with Crippen LogP contribution in [0.4, 0.5) is 5.95 Å². The zero-order valence-electron chi connectivity index (χ0n) is 14.8. The summed E-state index contributed by atoms with van der Waals surface area (Å²) in [6.07, 6.45) is 5.99. The number of piperidine rings is 1. The van der Waals surface area contributed by atoms with E-state index in [0.29, 0.717) is 24.1 Å². The molecule has 1 aliphatic rings. The molecule has 5 heteroatoms. The lowest BCUT2D eigenvalue weighted by molar-refractivity contribution is 0.0948. The van der Waals surface area contributed by atoms with Crippen molar-refractivity contribution < 1.29 is 4.79 Å². The molecule has 1 saturated heterocycles. The summed E-state index contributed by atoms with van der Waals surface area (Å²) in [5.74, 6) is 1.25. The minimum Gasteiger partial charge on any atom is -0.351 e. The molecule has 5 nitrogen and oxygen atoms in total. The summed E-state index contributed by atoms with van der Waals surface area (Å²) in [7, 11) is 0. The number of carbonyl (C=O) groups is 1. The van der Waals surface area contributed by atoms with Gasteiger partial charge in [0.05, 0.1) is 0 Å². The van der Waals surface area contributed by atoms with Gasteiger partial charge in [-0.15, -0.1) is 0 Å². The van der Waals surface area contributed by atoms with Crippen LogP contribution in [0.5, 0.6) is 0 Å². The fourth-order valence-electron chi connectivity index (χ4n) is 3.24. The second-order valence-corrected chi connectivity index (χ2v) is 6.62. The van der Waals surface area contributed by atoms with Crippen LogP contribution in [0, 0.1) is 5.92 Å². The van der Waals surface area contributed by atoms with Crippen molar-refractivity contribution in [3.8, 4) is 0 Å². The van der Waals surface area contributed by atoms with Gasteiger partial charge in [0, 0.05) is 25.8 Å². The van der Waals surface area contributed by atoms with Crippen molar-refractivity contribution in [1.82, 2.24) is 15.3 Å². The molecule has 3 rings (SSSR count). The van der Waals surface area contributed by atoms with Crippen LogP contribution in [0.1, 0.15) is 42.2 Å². The Balaban J connectivity index is 1.56. The van der Waals surface area contributed by atoms with Gasteiger partial charge >= 0.3 is 0 Å². The summed E-state index contributed by atoms with van der Waals surface area (Å²) in [6, 6.07) is 12.4. The Morgan fingerprint density at radius 1 is 1.20 bits per heavy atom. The summed E-state index contributed by atoms with van der Waals surface area (Å²) in [4.78, 5) is 23.1. The van der Waals surface area contributed by atoms with E-state index in [-0.39, 0.29) is 5.91 Å². The van der Waals surface area contributed by atoms with E-state index in [4.69, 9.17) is 0 Å². The second-order valence-electron chi connectivity index (χ2n) is 6.62. The molecule has 0 radical (unpaired) electrons. The first-order chi connectivity index (χ1) is 12.3. The number of nitrogens with one attached hydrogen (secondary N) is 1. The molecular formula is C20H26N4O. The maximum Gasteiger partial charge on any atom is 0.270 e. The number of aromatic nitrogens is 2. The molecule has 132 valence electrons. The quantitative estimate of drug-likeness (QED) is 0.879. The molecule has 1 aliphatic heterocycles. The summed E-state index contributed by atoms with van der Waals surface area (Å²) in [5.41, 5.74) is 1.86. The Kier molecular flexibility index (Phi) is 5.99. The minimum atomic E-state index is -0.121. The molecule has 0 aliphatic carbocycles. The fraction of sp³-hybridized carbons (Fsp3) is 0.450. The highest BCUT2D eigenvalue weighted by molar-refractivity contribution is 5.92. The van der Waals surface area contributed by atoms with E-state index in [1.165, 1.54) is 5.56 Å². The zero-order valence-corrected chi connectivity index (χ0v) is 14.8. The molecule has 25 heavy (non-hydrogen) atoms. The Labute approximate surface area is 149 Å². The molecule has 1 N–H and O–H groups in total. The SMILES string of the molecule is CCCNC(=O)c1ccnc(N2CCC(Cc3ccccc3)CC2)n1. The molecule has 0 spiro atoms. The summed E-state index contributed by atoms with van der Waals surface area (Å²) in [5, 5.41) is 2.87. The van der Waals surface area contributed by atoms with E-state index >= 15 is 0 Å². The second kappa shape index (κ2) is 8.60. The minimum absolute atomic E-state index is 0.121. The van der Waals surface area contributed by atoms with Gasteiger partial charge in [-0.2, -0.15) is 0 Å². The third kappa shape index (κ3) is 4.78. The maximum absolute atomic E-state index is 12.1. The molecule has 0 bridgehead atoms. The lowest BCUT2D eigenvalue weighted by Crippen LogP contribution is -2.36. The van der Waals surface area contributed by atoms with Crippen molar-refractivity contribution in [3.63, 3.8) is 0 Å². The van der Waals surface area contributed by atoms with Gasteiger partial charge in [-0.05, 0) is 43.2 Å². The van der Waals surface area contributed by atoms with Crippen molar-refractivity contribution >= 4 is 11.9 Å². The standard InChI is InChI=1S/C20H26N4O/c1-2-11-21-19(25)18-8-12-22-20(23-18)24-13-9-17(10-14-24)15-16-6-4-3-5-7-16/h3-8,12,17H,2,9-11,13-15H2,1H3,(H,21,25). The first kappa shape index (κ1) is 17.4. The summed E-state index contributed by atoms with van der Waals surface area (Å²) >= 11 is 0. The van der Waals surface area contributed by atoms with Crippen molar-refractivity contribution in [3.05, 3.63) is 53.9 Å². The Hall–Kier alpha value is -2.43. The van der Waals surface area contributed by atoms with Crippen LogP contribution in [0.25, 0.3) is 0 Å². The molecule has 1 fully saturated rings. The predicted molar refractivity (Wildman–Crippen MR) is 99.7 cm³/mol. The number of benzene rings is 1. The lowest BCUT2D eigenvalue weighted by Gasteiger charge is -2.32. The molecule has 1 aromatic carbocycles. The number of anilines is 1. The van der Waals surface area contributed by atoms with E-state index < -0.39 is 0 Å². The van der Waals surface area contributed by atoms with Crippen molar-refractivity contribution in [2.24, 2.45) is 5.92 Å². The van der Waals surface area contributed by atoms with Gasteiger partial charge in [0.15, 0.2) is 0 Å². The Morgan fingerprint density at radius 2 is 1.96 bits per heavy atom. The number of hydrogen-bond donors (Lipinski definition) is 1. The highest BCUT2D eigenvalue weighted by atomic mass is 16.1. The van der Waals surface area contributed by atoms with E-state index in [9.17, 15) is 4.79 Å². The van der Waals surface area contributed by atoms with Crippen LogP contribution in [0.2, 0.25) is 0 Å². The van der Waals surface area contributed by atoms with Crippen molar-refractivity contribution in [2.75, 3.05) is 24.5 Å². The van der Waals surface area contributed by atoms with Crippen LogP contribution >= 0.6 is 0 Å². The molecule has 0 unspecified atom stereocenters. The Morgan fingerprint density at radius 3 is 2.68 bits per heavy atom. The molecule has 0 atom stereocenters. The third-order valence-electron chi connectivity index (χ3n) is 4.68. The van der Waals surface area contributed by atoms with Gasteiger partial charge in [0.1, 0.15) is 5.69 Å². The summed E-state index contributed by atoms with van der Waals surface area (Å²) < 4.78 is 0. The third-order valence-corrected chi connectivity index (χ3v) is 4.68. The molecule has 2 heterocycles. The largest absolute Gasteiger partial charge is 0.351 e. The number of nitrogens with zero attached hydrogens (tertiary/aromatic N) is 3. The topological polar surface area (TPSA) is 58.1 Å². The predicted octanol–water partition coefficient (Wildman–Crippen LogP) is 3.08. The van der Waals surface area contributed by atoms with Crippen LogP contribution in [-0.4, -0.2) is 35.5 Å². The number of rotatable bonds is 6. The van der Waals surface area contributed by atoms with Gasteiger partial charge in [-0.1, -0.05) is 37.3 Å². The van der Waals surface area contributed by atoms with Gasteiger partial charge in [0.25, 0.3) is 5.91 Å². The molecule has 1 amide bonds. The van der Waals surface area contributed by atoms with Gasteiger partial charge in [0.2, 0.25) is 5.95 Å². The average Bonchev–Trinajstić information content (AvgIpc) is 2.67. The Bertz CT molecular complexity index is 681. The monoisotopic (exact) mass is 338 g/mol. The molecule has 0 saturated carbocycles. The van der Waals surface area contributed by atoms with E-state index in [1.807, 2.05) is 6.92 Å². The lowest BCUT2D eigenvalue weighted by atomic mass is 9.90. The smallest absolute Gasteiger partial charge is 0.270 e. The molecule has 1 aromatic heterocycles. The molecule has 2 aromatic rings. The van der Waals surface area contributed by atoms with Gasteiger partial charge in [-0.3, -0.25) is 4.79 Å². The van der Waals surface area contributed by atoms with E-state index in [0.717, 1.165) is 38.8 Å². The van der Waals surface area contributed by atoms with Crippen molar-refractivity contribution in [1.29, 1.82) is 0 Å². The highest BCUT2D eigenvalue weighted by Gasteiger charge is 2.22. The van der Waals surface area contributed by atoms with Crippen LogP contribution in [0.3, 0.4) is 0 Å². The fourth-order valence-corrected chi connectivity index (χ4v) is 3.24. The summed E-state index contributed by atoms with van der Waals surface area (Å²) in [6.45, 7) is 4.59. The average molecular weight is 338 g/mol. The highest BCUT2D eigenvalue weighted by Crippen LogP contribution is 2.23. The van der Waals surface area contributed by atoms with Gasteiger partial charge in [-0.25, -0.2) is 9.97 Å². The molecular weight excluding hydrogens is 312 g/mol. The van der Waals surface area contributed by atoms with Gasteiger partial charge < -0.3 is 10.2 Å². The number of amides is 1. The van der Waals surface area contributed by atoms with Crippen molar-refractivity contribution in [2.45, 2.75) is 32.6 Å². The van der Waals surface area contributed by atoms with Crippen LogP contribution in [0.15, 0.2) is 42.6 Å². The van der Waals surface area contributed by atoms with E-state index in [2.05, 4.69) is 50.5 Å². The first-order valence-corrected chi connectivity index (χ1v) is 9.16. The maximum atomic E-state index is 12.1.